The zero-order valence-corrected chi connectivity index (χ0v) is 33.6. The minimum atomic E-state index is -4.78. The number of allylic oxidation sites excluding steroid dienone is 12. The summed E-state index contributed by atoms with van der Waals surface area (Å²) < 4.78 is 26.2. The maximum Gasteiger partial charge on any atom is 0.469 e. The Morgan fingerprint density at radius 1 is 0.500 bits per heavy atom. The number of unbranched alkanes of at least 4 members (excludes halogenated alkanes) is 14. The third kappa shape index (κ3) is 40.3. The summed E-state index contributed by atoms with van der Waals surface area (Å²) in [4.78, 5) is 42.7. The van der Waals surface area contributed by atoms with E-state index in [0.717, 1.165) is 38.5 Å². The van der Waals surface area contributed by atoms with E-state index in [0.29, 0.717) is 12.8 Å². The molecule has 0 saturated carbocycles. The van der Waals surface area contributed by atoms with E-state index in [1.165, 1.54) is 89.9 Å². The van der Waals surface area contributed by atoms with Crippen LogP contribution in [0.4, 0.5) is 0 Å². The largest absolute Gasteiger partial charge is 0.469 e. The Hall–Kier alpha value is -2.51. The average Bonchev–Trinajstić information content (AvgIpc) is 3.11. The first-order chi connectivity index (χ1) is 25.3. The predicted molar refractivity (Wildman–Crippen MR) is 216 cm³/mol. The Balaban J connectivity index is 4.13. The van der Waals surface area contributed by atoms with Gasteiger partial charge >= 0.3 is 19.8 Å². The van der Waals surface area contributed by atoms with Crippen molar-refractivity contribution in [1.29, 1.82) is 0 Å². The van der Waals surface area contributed by atoms with Gasteiger partial charge in [-0.25, -0.2) is 4.57 Å². The van der Waals surface area contributed by atoms with Crippen LogP contribution in [0.5, 0.6) is 0 Å². The van der Waals surface area contributed by atoms with Gasteiger partial charge in [0.05, 0.1) is 6.61 Å². The smallest absolute Gasteiger partial charge is 0.462 e. The fourth-order valence-corrected chi connectivity index (χ4v) is 5.56. The molecule has 298 valence electrons. The fourth-order valence-electron chi connectivity index (χ4n) is 5.20. The van der Waals surface area contributed by atoms with E-state index >= 15 is 0 Å². The van der Waals surface area contributed by atoms with Crippen molar-refractivity contribution in [3.05, 3.63) is 72.9 Å². The zero-order chi connectivity index (χ0) is 38.2. The summed E-state index contributed by atoms with van der Waals surface area (Å²) in [6.07, 6.45) is 49.3. The van der Waals surface area contributed by atoms with Crippen LogP contribution >= 0.6 is 7.82 Å². The molecular formula is C43H73O8P. The van der Waals surface area contributed by atoms with E-state index in [1.54, 1.807) is 0 Å². The molecule has 2 N–H and O–H groups in total. The fraction of sp³-hybridized carbons (Fsp3) is 0.674. The van der Waals surface area contributed by atoms with Crippen LogP contribution in [0.3, 0.4) is 0 Å². The summed E-state index contributed by atoms with van der Waals surface area (Å²) in [7, 11) is -4.78. The third-order valence-corrected chi connectivity index (χ3v) is 8.71. The second-order valence-electron chi connectivity index (χ2n) is 13.2. The minimum absolute atomic E-state index is 0.0788. The highest BCUT2D eigenvalue weighted by atomic mass is 31.2. The molecule has 0 aliphatic heterocycles. The van der Waals surface area contributed by atoms with Crippen LogP contribution in [0.2, 0.25) is 0 Å². The molecule has 0 rings (SSSR count). The number of phosphoric acid groups is 1. The summed E-state index contributed by atoms with van der Waals surface area (Å²) >= 11 is 0. The molecular weight excluding hydrogens is 675 g/mol. The second-order valence-corrected chi connectivity index (χ2v) is 14.5. The van der Waals surface area contributed by atoms with E-state index in [-0.39, 0.29) is 19.4 Å². The number of carbonyl (C=O) groups excluding carboxylic acids is 2. The minimum Gasteiger partial charge on any atom is -0.462 e. The van der Waals surface area contributed by atoms with E-state index in [1.807, 2.05) is 18.2 Å². The van der Waals surface area contributed by atoms with Gasteiger partial charge in [0.1, 0.15) is 6.61 Å². The quantitative estimate of drug-likeness (QED) is 0.0281. The predicted octanol–water partition coefficient (Wildman–Crippen LogP) is 12.3. The van der Waals surface area contributed by atoms with Crippen LogP contribution in [-0.2, 0) is 28.2 Å². The van der Waals surface area contributed by atoms with E-state index < -0.39 is 32.5 Å². The molecule has 0 aromatic heterocycles. The molecule has 9 heteroatoms. The second kappa shape index (κ2) is 38.2. The van der Waals surface area contributed by atoms with Crippen molar-refractivity contribution in [2.24, 2.45) is 0 Å². The highest BCUT2D eigenvalue weighted by Gasteiger charge is 2.22. The lowest BCUT2D eigenvalue weighted by Crippen LogP contribution is -2.29. The lowest BCUT2D eigenvalue weighted by atomic mass is 10.1. The van der Waals surface area contributed by atoms with Gasteiger partial charge in [-0.1, -0.05) is 164 Å². The third-order valence-electron chi connectivity index (χ3n) is 8.22. The SMILES string of the molecule is CCCCC/C=C/C/C=C/C/C=C/C/C=C/C/C=C/CCC(=O)O[C@H](COC(=O)CC/C=C/CCCCCCCCCCCCC)COP(=O)(O)O. The molecule has 0 spiro atoms. The molecule has 1 atom stereocenters. The number of carbonyl (C=O) groups is 2. The highest BCUT2D eigenvalue weighted by molar-refractivity contribution is 7.46. The van der Waals surface area contributed by atoms with Crippen LogP contribution in [0.25, 0.3) is 0 Å². The number of hydrogen-bond acceptors (Lipinski definition) is 6. The standard InChI is InChI=1S/C43H73O8P/c1-3-5-7-9-11-13-15-17-19-20-21-22-24-26-28-30-32-34-36-38-43(45)51-41(40-50-52(46,47)48)39-49-42(44)37-35-33-31-29-27-25-23-18-16-14-12-10-8-6-4-2/h11,13,17,19,21-22,26,28,31-34,41H,3-10,12,14-16,18,20,23-25,27,29-30,35-40H2,1-2H3,(H2,46,47,48)/b13-11+,19-17+,22-21+,28-26+,33-31+,34-32+/t41-/m1/s1. The molecule has 0 aliphatic carbocycles. The molecule has 0 bridgehead atoms. The van der Waals surface area contributed by atoms with Crippen molar-refractivity contribution in [2.75, 3.05) is 13.2 Å². The maximum atomic E-state index is 12.3. The van der Waals surface area contributed by atoms with Crippen molar-refractivity contribution in [3.63, 3.8) is 0 Å². The number of esters is 2. The normalized spacial score (nSPS) is 13.2. The highest BCUT2D eigenvalue weighted by Crippen LogP contribution is 2.35. The van der Waals surface area contributed by atoms with E-state index in [4.69, 9.17) is 19.3 Å². The number of ether oxygens (including phenoxy) is 2. The summed E-state index contributed by atoms with van der Waals surface area (Å²) in [5.74, 6) is -1.04. The van der Waals surface area contributed by atoms with Gasteiger partial charge in [0.15, 0.2) is 6.10 Å². The first-order valence-corrected chi connectivity index (χ1v) is 21.8. The van der Waals surface area contributed by atoms with Crippen molar-refractivity contribution >= 4 is 19.8 Å². The molecule has 0 radical (unpaired) electrons. The maximum absolute atomic E-state index is 12.3. The Labute approximate surface area is 317 Å². The molecule has 0 aromatic rings. The Bertz CT molecular complexity index is 1070. The number of rotatable bonds is 36. The molecule has 0 fully saturated rings. The monoisotopic (exact) mass is 749 g/mol. The van der Waals surface area contributed by atoms with Crippen LogP contribution in [0, 0.1) is 0 Å². The van der Waals surface area contributed by atoms with Crippen molar-refractivity contribution in [3.8, 4) is 0 Å². The van der Waals surface area contributed by atoms with E-state index in [9.17, 15) is 14.2 Å². The van der Waals surface area contributed by atoms with Gasteiger partial charge in [-0.3, -0.25) is 14.1 Å². The van der Waals surface area contributed by atoms with Gasteiger partial charge in [-0.2, -0.15) is 0 Å². The topological polar surface area (TPSA) is 119 Å². The van der Waals surface area contributed by atoms with Gasteiger partial charge in [0.2, 0.25) is 0 Å². The van der Waals surface area contributed by atoms with Gasteiger partial charge < -0.3 is 19.3 Å². The lowest BCUT2D eigenvalue weighted by molar-refractivity contribution is -0.161. The molecule has 0 saturated heterocycles. The zero-order valence-electron chi connectivity index (χ0n) is 32.7. The molecule has 52 heavy (non-hydrogen) atoms. The Kier molecular flexibility index (Phi) is 36.4. The molecule has 0 aromatic carbocycles. The lowest BCUT2D eigenvalue weighted by Gasteiger charge is -2.18. The summed E-state index contributed by atoms with van der Waals surface area (Å²) in [6, 6.07) is 0. The van der Waals surface area contributed by atoms with Gasteiger partial charge in [-0.15, -0.1) is 0 Å². The van der Waals surface area contributed by atoms with Gasteiger partial charge in [0, 0.05) is 12.8 Å². The van der Waals surface area contributed by atoms with Crippen LogP contribution < -0.4 is 0 Å². The molecule has 0 amide bonds. The first kappa shape index (κ1) is 49.5. The Morgan fingerprint density at radius 2 is 0.865 bits per heavy atom. The number of hydrogen-bond donors (Lipinski definition) is 2. The molecule has 8 nitrogen and oxygen atoms in total. The van der Waals surface area contributed by atoms with Crippen LogP contribution in [0.1, 0.15) is 168 Å². The first-order valence-electron chi connectivity index (χ1n) is 20.2. The van der Waals surface area contributed by atoms with Crippen LogP contribution in [0.15, 0.2) is 72.9 Å². The van der Waals surface area contributed by atoms with Gasteiger partial charge in [-0.05, 0) is 64.2 Å². The van der Waals surface area contributed by atoms with Crippen molar-refractivity contribution in [1.82, 2.24) is 0 Å². The summed E-state index contributed by atoms with van der Waals surface area (Å²) in [5, 5.41) is 0. The van der Waals surface area contributed by atoms with Gasteiger partial charge in [0.25, 0.3) is 0 Å². The average molecular weight is 749 g/mol. The summed E-state index contributed by atoms with van der Waals surface area (Å²) in [6.45, 7) is 3.55. The molecule has 0 heterocycles. The molecule has 0 aliphatic rings. The Morgan fingerprint density at radius 3 is 1.37 bits per heavy atom. The number of phosphoric ester groups is 1. The van der Waals surface area contributed by atoms with E-state index in [2.05, 4.69) is 73.1 Å². The molecule has 0 unspecified atom stereocenters. The van der Waals surface area contributed by atoms with Crippen molar-refractivity contribution in [2.45, 2.75) is 174 Å². The van der Waals surface area contributed by atoms with Crippen LogP contribution in [-0.4, -0.2) is 41.0 Å². The van der Waals surface area contributed by atoms with Crippen molar-refractivity contribution < 1.29 is 37.9 Å². The summed E-state index contributed by atoms with van der Waals surface area (Å²) in [5.41, 5.74) is 0.